The highest BCUT2D eigenvalue weighted by Gasteiger charge is 2.50. The number of amides is 1. The van der Waals surface area contributed by atoms with Crippen molar-refractivity contribution >= 4 is 35.0 Å². The third-order valence-corrected chi connectivity index (χ3v) is 4.38. The number of hydrogen-bond donors (Lipinski definition) is 2. The fourth-order valence-corrected chi connectivity index (χ4v) is 3.43. The number of carbonyl (C=O) groups is 1. The van der Waals surface area contributed by atoms with Gasteiger partial charge in [0.15, 0.2) is 5.11 Å². The van der Waals surface area contributed by atoms with E-state index in [0.717, 1.165) is 18.6 Å². The summed E-state index contributed by atoms with van der Waals surface area (Å²) in [4.78, 5) is 11.7. The fraction of sp³-hybridized carbons (Fsp3) is 0.750. The molecule has 2 fully saturated rings. The zero-order valence-electron chi connectivity index (χ0n) is 7.42. The molecule has 0 aliphatic carbocycles. The van der Waals surface area contributed by atoms with Crippen LogP contribution in [0.4, 0.5) is 0 Å². The molecule has 1 spiro atoms. The second kappa shape index (κ2) is 3.13. The molecule has 2 saturated heterocycles. The van der Waals surface area contributed by atoms with Crippen molar-refractivity contribution in [1.82, 2.24) is 10.6 Å². The van der Waals surface area contributed by atoms with Crippen LogP contribution in [0.5, 0.6) is 0 Å². The Morgan fingerprint density at radius 3 is 3.00 bits per heavy atom. The van der Waals surface area contributed by atoms with E-state index in [1.807, 2.05) is 11.8 Å². The normalized spacial score (nSPS) is 39.0. The summed E-state index contributed by atoms with van der Waals surface area (Å²) in [5.74, 6) is 1.20. The van der Waals surface area contributed by atoms with Crippen LogP contribution >= 0.6 is 24.0 Å². The molecular weight excluding hydrogens is 204 g/mol. The Hall–Kier alpha value is -0.290. The van der Waals surface area contributed by atoms with Crippen molar-refractivity contribution in [2.75, 3.05) is 5.75 Å². The van der Waals surface area contributed by atoms with Gasteiger partial charge in [0, 0.05) is 5.25 Å². The molecule has 0 aromatic rings. The first-order chi connectivity index (χ1) is 6.15. The van der Waals surface area contributed by atoms with Crippen LogP contribution in [-0.2, 0) is 4.79 Å². The Kier molecular flexibility index (Phi) is 2.23. The predicted octanol–water partition coefficient (Wildman–Crippen LogP) is 0.645. The van der Waals surface area contributed by atoms with E-state index >= 15 is 0 Å². The van der Waals surface area contributed by atoms with Gasteiger partial charge in [0.2, 0.25) is 0 Å². The first kappa shape index (κ1) is 9.27. The number of carbonyl (C=O) groups excluding carboxylic acids is 1. The summed E-state index contributed by atoms with van der Waals surface area (Å²) in [6.45, 7) is 2.09. The smallest absolute Gasteiger partial charge is 0.253 e. The second-order valence-electron chi connectivity index (χ2n) is 3.50. The molecular formula is C8H12N2OS2. The van der Waals surface area contributed by atoms with E-state index < -0.39 is 5.54 Å². The standard InChI is InChI=1S/C8H12N2OS2/c1-5-8(3-2-4-13-5)6(11)9-7(12)10-8/h5H,2-4H2,1H3,(H2,9,10,11,12). The molecule has 3 nitrogen and oxygen atoms in total. The minimum Gasteiger partial charge on any atom is -0.347 e. The Labute approximate surface area is 87.0 Å². The highest BCUT2D eigenvalue weighted by atomic mass is 32.2. The maximum atomic E-state index is 11.7. The molecule has 2 aliphatic rings. The van der Waals surface area contributed by atoms with Crippen LogP contribution in [0.25, 0.3) is 0 Å². The fourth-order valence-electron chi connectivity index (χ4n) is 1.92. The van der Waals surface area contributed by atoms with Gasteiger partial charge in [-0.1, -0.05) is 6.92 Å². The highest BCUT2D eigenvalue weighted by molar-refractivity contribution is 8.00. The van der Waals surface area contributed by atoms with Gasteiger partial charge in [-0.2, -0.15) is 11.8 Å². The van der Waals surface area contributed by atoms with Crippen molar-refractivity contribution in [3.63, 3.8) is 0 Å². The van der Waals surface area contributed by atoms with Crippen molar-refractivity contribution in [2.24, 2.45) is 0 Å². The van der Waals surface area contributed by atoms with Gasteiger partial charge in [-0.25, -0.2) is 0 Å². The zero-order valence-corrected chi connectivity index (χ0v) is 9.06. The summed E-state index contributed by atoms with van der Waals surface area (Å²) in [6, 6.07) is 0. The molecule has 1 amide bonds. The van der Waals surface area contributed by atoms with Gasteiger partial charge in [-0.05, 0) is 30.8 Å². The quantitative estimate of drug-likeness (QED) is 0.583. The largest absolute Gasteiger partial charge is 0.347 e. The third kappa shape index (κ3) is 1.34. The summed E-state index contributed by atoms with van der Waals surface area (Å²) < 4.78 is 0. The number of rotatable bonds is 0. The summed E-state index contributed by atoms with van der Waals surface area (Å²) in [6.07, 6.45) is 1.98. The average Bonchev–Trinajstić information content (AvgIpc) is 2.35. The molecule has 2 heterocycles. The van der Waals surface area contributed by atoms with Gasteiger partial charge >= 0.3 is 0 Å². The summed E-state index contributed by atoms with van der Waals surface area (Å²) in [5, 5.41) is 6.59. The Morgan fingerprint density at radius 2 is 2.46 bits per heavy atom. The van der Waals surface area contributed by atoms with Crippen molar-refractivity contribution in [1.29, 1.82) is 0 Å². The Bertz CT molecular complexity index is 269. The van der Waals surface area contributed by atoms with Crippen LogP contribution in [0.1, 0.15) is 19.8 Å². The summed E-state index contributed by atoms with van der Waals surface area (Å²) in [5.41, 5.74) is -0.417. The van der Waals surface area contributed by atoms with Crippen molar-refractivity contribution in [3.05, 3.63) is 0 Å². The molecule has 2 aliphatic heterocycles. The van der Waals surface area contributed by atoms with Crippen molar-refractivity contribution < 1.29 is 4.79 Å². The molecule has 2 atom stereocenters. The van der Waals surface area contributed by atoms with Crippen molar-refractivity contribution in [3.8, 4) is 0 Å². The van der Waals surface area contributed by atoms with E-state index in [1.165, 1.54) is 0 Å². The lowest BCUT2D eigenvalue weighted by atomic mass is 9.90. The molecule has 2 rings (SSSR count). The van der Waals surface area contributed by atoms with E-state index in [4.69, 9.17) is 12.2 Å². The highest BCUT2D eigenvalue weighted by Crippen LogP contribution is 2.35. The van der Waals surface area contributed by atoms with E-state index in [0.29, 0.717) is 10.4 Å². The lowest BCUT2D eigenvalue weighted by Crippen LogP contribution is -2.55. The minimum atomic E-state index is -0.417. The van der Waals surface area contributed by atoms with Gasteiger partial charge in [0.05, 0.1) is 0 Å². The lowest BCUT2D eigenvalue weighted by molar-refractivity contribution is -0.124. The summed E-state index contributed by atoms with van der Waals surface area (Å²) >= 11 is 6.79. The van der Waals surface area contributed by atoms with E-state index in [9.17, 15) is 4.79 Å². The van der Waals surface area contributed by atoms with Gasteiger partial charge < -0.3 is 10.6 Å². The molecule has 5 heteroatoms. The van der Waals surface area contributed by atoms with Gasteiger partial charge in [0.1, 0.15) is 5.54 Å². The van der Waals surface area contributed by atoms with E-state index in [-0.39, 0.29) is 5.91 Å². The van der Waals surface area contributed by atoms with E-state index in [1.54, 1.807) is 0 Å². The van der Waals surface area contributed by atoms with Gasteiger partial charge in [-0.3, -0.25) is 4.79 Å². The molecule has 0 saturated carbocycles. The van der Waals surface area contributed by atoms with Crippen LogP contribution in [0.15, 0.2) is 0 Å². The third-order valence-electron chi connectivity index (χ3n) is 2.75. The number of hydrogen-bond acceptors (Lipinski definition) is 3. The molecule has 0 bridgehead atoms. The van der Waals surface area contributed by atoms with Gasteiger partial charge in [0.25, 0.3) is 5.91 Å². The van der Waals surface area contributed by atoms with Crippen LogP contribution in [0.3, 0.4) is 0 Å². The number of thioether (sulfide) groups is 1. The molecule has 72 valence electrons. The molecule has 0 aromatic heterocycles. The molecule has 2 unspecified atom stereocenters. The van der Waals surface area contributed by atoms with Crippen LogP contribution in [-0.4, -0.2) is 27.6 Å². The summed E-state index contributed by atoms with van der Waals surface area (Å²) in [7, 11) is 0. The monoisotopic (exact) mass is 216 g/mol. The first-order valence-electron chi connectivity index (χ1n) is 4.40. The van der Waals surface area contributed by atoms with Crippen LogP contribution in [0.2, 0.25) is 0 Å². The first-order valence-corrected chi connectivity index (χ1v) is 5.86. The average molecular weight is 216 g/mol. The number of nitrogens with one attached hydrogen (secondary N) is 2. The predicted molar refractivity (Wildman–Crippen MR) is 57.8 cm³/mol. The second-order valence-corrected chi connectivity index (χ2v) is 5.35. The molecule has 2 N–H and O–H groups in total. The maximum absolute atomic E-state index is 11.7. The zero-order chi connectivity index (χ0) is 9.47. The molecule has 0 radical (unpaired) electrons. The Balaban J connectivity index is 2.26. The van der Waals surface area contributed by atoms with Gasteiger partial charge in [-0.15, -0.1) is 0 Å². The SMILES string of the molecule is CC1SCCCC12NC(=S)NC2=O. The minimum absolute atomic E-state index is 0.0530. The number of thiocarbonyl (C=S) groups is 1. The van der Waals surface area contributed by atoms with Crippen LogP contribution in [0, 0.1) is 0 Å². The molecule has 13 heavy (non-hydrogen) atoms. The topological polar surface area (TPSA) is 41.1 Å². The van der Waals surface area contributed by atoms with E-state index in [2.05, 4.69) is 17.6 Å². The van der Waals surface area contributed by atoms with Crippen molar-refractivity contribution in [2.45, 2.75) is 30.6 Å². The molecule has 0 aromatic carbocycles. The Morgan fingerprint density at radius 1 is 1.69 bits per heavy atom. The maximum Gasteiger partial charge on any atom is 0.253 e. The lowest BCUT2D eigenvalue weighted by Gasteiger charge is -2.36. The van der Waals surface area contributed by atoms with Crippen LogP contribution < -0.4 is 10.6 Å².